The van der Waals surface area contributed by atoms with Gasteiger partial charge < -0.3 is 14.4 Å². The van der Waals surface area contributed by atoms with Gasteiger partial charge in [-0.25, -0.2) is 4.98 Å². The van der Waals surface area contributed by atoms with Gasteiger partial charge in [0.2, 0.25) is 11.8 Å². The number of rotatable bonds is 5. The molecule has 1 fully saturated rings. The third-order valence-corrected chi connectivity index (χ3v) is 4.04. The summed E-state index contributed by atoms with van der Waals surface area (Å²) in [6, 6.07) is 3.64. The highest BCUT2D eigenvalue weighted by atomic mass is 16.5. The number of nitrogens with zero attached hydrogens (tertiary/aromatic N) is 4. The first kappa shape index (κ1) is 16.3. The van der Waals surface area contributed by atoms with E-state index < -0.39 is 0 Å². The fourth-order valence-corrected chi connectivity index (χ4v) is 2.83. The van der Waals surface area contributed by atoms with Crippen LogP contribution in [-0.4, -0.2) is 52.6 Å². The van der Waals surface area contributed by atoms with Crippen molar-refractivity contribution in [3.05, 3.63) is 42.6 Å². The number of carbonyl (C=O) groups is 1. The van der Waals surface area contributed by atoms with Crippen molar-refractivity contribution in [3.8, 4) is 11.6 Å². The molecule has 1 saturated heterocycles. The lowest BCUT2D eigenvalue weighted by atomic mass is 9.93. The third-order valence-electron chi connectivity index (χ3n) is 4.04. The molecule has 0 spiro atoms. The van der Waals surface area contributed by atoms with Gasteiger partial charge in [0, 0.05) is 44.7 Å². The van der Waals surface area contributed by atoms with Crippen LogP contribution >= 0.6 is 0 Å². The molecule has 7 heteroatoms. The van der Waals surface area contributed by atoms with E-state index in [4.69, 9.17) is 9.47 Å². The van der Waals surface area contributed by atoms with Crippen LogP contribution in [0, 0.1) is 0 Å². The Bertz CT molecular complexity index is 673. The summed E-state index contributed by atoms with van der Waals surface area (Å²) in [4.78, 5) is 26.6. The van der Waals surface area contributed by atoms with E-state index in [0.29, 0.717) is 24.7 Å². The summed E-state index contributed by atoms with van der Waals surface area (Å²) in [5, 5.41) is 0. The highest BCUT2D eigenvalue weighted by Gasteiger charge is 2.27. The number of ether oxygens (including phenoxy) is 2. The maximum Gasteiger partial charge on any atom is 0.248 e. The first-order chi connectivity index (χ1) is 11.8. The van der Waals surface area contributed by atoms with E-state index in [2.05, 4.69) is 15.0 Å². The monoisotopic (exact) mass is 328 g/mol. The Balaban J connectivity index is 1.69. The van der Waals surface area contributed by atoms with Crippen molar-refractivity contribution in [2.75, 3.05) is 26.8 Å². The van der Waals surface area contributed by atoms with E-state index in [1.807, 2.05) is 17.0 Å². The summed E-state index contributed by atoms with van der Waals surface area (Å²) >= 11 is 0. The van der Waals surface area contributed by atoms with Crippen LogP contribution in [0.25, 0.3) is 0 Å². The fourth-order valence-electron chi connectivity index (χ4n) is 2.83. The van der Waals surface area contributed by atoms with E-state index in [9.17, 15) is 4.79 Å². The lowest BCUT2D eigenvalue weighted by molar-refractivity contribution is -0.136. The van der Waals surface area contributed by atoms with Crippen molar-refractivity contribution in [2.45, 2.75) is 18.8 Å². The number of likely N-dealkylation sites (tertiary alicyclic amines) is 1. The zero-order valence-electron chi connectivity index (χ0n) is 13.6. The van der Waals surface area contributed by atoms with Crippen molar-refractivity contribution < 1.29 is 14.3 Å². The molecule has 0 N–H and O–H groups in total. The molecule has 24 heavy (non-hydrogen) atoms. The highest BCUT2D eigenvalue weighted by molar-refractivity contribution is 5.77. The molecule has 7 nitrogen and oxygen atoms in total. The molecule has 1 aliphatic rings. The highest BCUT2D eigenvalue weighted by Crippen LogP contribution is 2.33. The lowest BCUT2D eigenvalue weighted by Gasteiger charge is -2.31. The van der Waals surface area contributed by atoms with Crippen LogP contribution in [0.1, 0.15) is 24.5 Å². The molecule has 0 aliphatic carbocycles. The molecule has 0 radical (unpaired) electrons. The number of aromatic nitrogens is 3. The molecule has 1 amide bonds. The summed E-state index contributed by atoms with van der Waals surface area (Å²) in [6.07, 6.45) is 8.29. The van der Waals surface area contributed by atoms with E-state index >= 15 is 0 Å². The van der Waals surface area contributed by atoms with Crippen LogP contribution in [0.15, 0.2) is 36.9 Å². The van der Waals surface area contributed by atoms with Gasteiger partial charge in [-0.3, -0.25) is 14.8 Å². The zero-order chi connectivity index (χ0) is 16.8. The van der Waals surface area contributed by atoms with Gasteiger partial charge in [0.15, 0.2) is 0 Å². The summed E-state index contributed by atoms with van der Waals surface area (Å²) in [5.41, 5.74) is 0.834. The normalized spacial score (nSPS) is 15.3. The molecule has 3 rings (SSSR count). The molecule has 3 heterocycles. The average Bonchev–Trinajstić information content (AvgIpc) is 2.63. The van der Waals surface area contributed by atoms with E-state index in [1.165, 1.54) is 7.11 Å². The minimum atomic E-state index is 0.0296. The molecule has 0 saturated carbocycles. The fraction of sp³-hybridized carbons (Fsp3) is 0.412. The molecular weight excluding hydrogens is 308 g/mol. The minimum Gasteiger partial charge on any atom is -0.436 e. The molecule has 0 bridgehead atoms. The Labute approximate surface area is 140 Å². The zero-order valence-corrected chi connectivity index (χ0v) is 13.6. The van der Waals surface area contributed by atoms with Crippen LogP contribution in [0.3, 0.4) is 0 Å². The van der Waals surface area contributed by atoms with Crippen LogP contribution in [0.4, 0.5) is 0 Å². The van der Waals surface area contributed by atoms with E-state index in [1.54, 1.807) is 24.8 Å². The van der Waals surface area contributed by atoms with Gasteiger partial charge in [-0.05, 0) is 25.0 Å². The van der Waals surface area contributed by atoms with Gasteiger partial charge in [-0.15, -0.1) is 0 Å². The number of carbonyl (C=O) groups excluding carboxylic acids is 1. The summed E-state index contributed by atoms with van der Waals surface area (Å²) < 4.78 is 10.8. The number of hydrogen-bond acceptors (Lipinski definition) is 6. The number of methoxy groups -OCH3 is 1. The second kappa shape index (κ2) is 7.83. The van der Waals surface area contributed by atoms with Crippen LogP contribution in [0.2, 0.25) is 0 Å². The van der Waals surface area contributed by atoms with Crippen molar-refractivity contribution in [1.29, 1.82) is 0 Å². The first-order valence-corrected chi connectivity index (χ1v) is 7.93. The molecular formula is C17H20N4O3. The number of hydrogen-bond donors (Lipinski definition) is 0. The van der Waals surface area contributed by atoms with Crippen LogP contribution < -0.4 is 4.74 Å². The molecule has 126 valence electrons. The quantitative estimate of drug-likeness (QED) is 0.835. The van der Waals surface area contributed by atoms with Crippen LogP contribution in [0.5, 0.6) is 11.6 Å². The Morgan fingerprint density at radius 1 is 1.25 bits per heavy atom. The molecule has 2 aromatic heterocycles. The maximum atomic E-state index is 11.9. The van der Waals surface area contributed by atoms with Gasteiger partial charge in [-0.2, -0.15) is 0 Å². The molecule has 0 atom stereocenters. The lowest BCUT2D eigenvalue weighted by Crippen LogP contribution is -2.39. The topological polar surface area (TPSA) is 77.4 Å². The summed E-state index contributed by atoms with van der Waals surface area (Å²) in [6.45, 7) is 1.51. The standard InChI is InChI=1S/C17H20N4O3/c1-23-12-15(22)21-9-4-13(5-10-21)16-17(20-8-7-19-16)24-14-3-2-6-18-11-14/h2-3,6-8,11,13H,4-5,9-10,12H2,1H3. The Hall–Kier alpha value is -2.54. The number of amides is 1. The second-order valence-electron chi connectivity index (χ2n) is 5.63. The summed E-state index contributed by atoms with van der Waals surface area (Å²) in [5.74, 6) is 1.39. The SMILES string of the molecule is COCC(=O)N1CCC(c2nccnc2Oc2cccnc2)CC1. The third kappa shape index (κ3) is 3.86. The van der Waals surface area contributed by atoms with Gasteiger partial charge in [0.25, 0.3) is 0 Å². The number of piperidine rings is 1. The minimum absolute atomic E-state index is 0.0296. The van der Waals surface area contributed by atoms with Gasteiger partial charge in [-0.1, -0.05) is 0 Å². The van der Waals surface area contributed by atoms with Crippen LogP contribution in [-0.2, 0) is 9.53 Å². The predicted octanol–water partition coefficient (Wildman–Crippen LogP) is 2.02. The largest absolute Gasteiger partial charge is 0.436 e. The molecule has 2 aromatic rings. The second-order valence-corrected chi connectivity index (χ2v) is 5.63. The van der Waals surface area contributed by atoms with Crippen molar-refractivity contribution >= 4 is 5.91 Å². The Kier molecular flexibility index (Phi) is 5.32. The number of pyridine rings is 1. The first-order valence-electron chi connectivity index (χ1n) is 7.93. The average molecular weight is 328 g/mol. The van der Waals surface area contributed by atoms with Gasteiger partial charge in [0.1, 0.15) is 18.1 Å². The molecule has 0 aromatic carbocycles. The summed E-state index contributed by atoms with van der Waals surface area (Å²) in [7, 11) is 1.53. The smallest absolute Gasteiger partial charge is 0.248 e. The van der Waals surface area contributed by atoms with Crippen molar-refractivity contribution in [1.82, 2.24) is 19.9 Å². The van der Waals surface area contributed by atoms with Crippen molar-refractivity contribution in [3.63, 3.8) is 0 Å². The van der Waals surface area contributed by atoms with Gasteiger partial charge in [0.05, 0.1) is 6.20 Å². The van der Waals surface area contributed by atoms with Crippen molar-refractivity contribution in [2.24, 2.45) is 0 Å². The predicted molar refractivity (Wildman–Crippen MR) is 86.8 cm³/mol. The Morgan fingerprint density at radius 3 is 2.75 bits per heavy atom. The van der Waals surface area contributed by atoms with E-state index in [-0.39, 0.29) is 18.4 Å². The molecule has 0 unspecified atom stereocenters. The van der Waals surface area contributed by atoms with Gasteiger partial charge >= 0.3 is 0 Å². The van der Waals surface area contributed by atoms with E-state index in [0.717, 1.165) is 18.5 Å². The molecule has 1 aliphatic heterocycles. The Morgan fingerprint density at radius 2 is 2.04 bits per heavy atom. The maximum absolute atomic E-state index is 11.9.